The van der Waals surface area contributed by atoms with Gasteiger partial charge in [-0.2, -0.15) is 0 Å². The molecule has 0 aliphatic rings. The average molecular weight is 349 g/mol. The summed E-state index contributed by atoms with van der Waals surface area (Å²) in [7, 11) is 0. The predicted molar refractivity (Wildman–Crippen MR) is 75.9 cm³/mol. The van der Waals surface area contributed by atoms with Crippen molar-refractivity contribution in [3.63, 3.8) is 0 Å². The van der Waals surface area contributed by atoms with Gasteiger partial charge < -0.3 is 25.8 Å². The van der Waals surface area contributed by atoms with Gasteiger partial charge in [-0.25, -0.2) is 0 Å². The fourth-order valence-corrected chi connectivity index (χ4v) is 5.07. The predicted octanol–water partition coefficient (Wildman–Crippen LogP) is 4.97. The molecule has 0 heterocycles. The summed E-state index contributed by atoms with van der Waals surface area (Å²) in [5, 5.41) is 0. The molecule has 0 spiro atoms. The Morgan fingerprint density at radius 3 is 1.07 bits per heavy atom. The summed E-state index contributed by atoms with van der Waals surface area (Å²) in [5.41, 5.74) is 0. The molecule has 0 aliphatic heterocycles. The molecule has 14 heavy (non-hydrogen) atoms. The number of hydrogen-bond donors (Lipinski definition) is 0. The first kappa shape index (κ1) is 16.5. The summed E-state index contributed by atoms with van der Waals surface area (Å²) in [4.78, 5) is 0. The van der Waals surface area contributed by atoms with Crippen LogP contribution in [0.5, 0.6) is 0 Å². The zero-order valence-electron chi connectivity index (χ0n) is 9.24. The summed E-state index contributed by atoms with van der Waals surface area (Å²) in [6.07, 6.45) is 11.8. The molecule has 0 rings (SSSR count). The summed E-state index contributed by atoms with van der Waals surface area (Å²) >= 11 is 7.56. The Hall–Kier alpha value is 2.49. The highest BCUT2D eigenvalue weighted by Gasteiger charge is 1.94. The highest BCUT2D eigenvalue weighted by molar-refractivity contribution is 9.23. The molecule has 0 saturated heterocycles. The molecule has 4 heteroatoms. The molecule has 0 aliphatic carbocycles. The highest BCUT2D eigenvalue weighted by atomic mass is 79.9. The van der Waals surface area contributed by atoms with Crippen LogP contribution in [0.25, 0.3) is 0 Å². The van der Waals surface area contributed by atoms with E-state index < -0.39 is 0 Å². The maximum absolute atomic E-state index is 3.61. The average Bonchev–Trinajstić information content (AvgIpc) is 2.21. The van der Waals surface area contributed by atoms with Crippen LogP contribution in [0.15, 0.2) is 0 Å². The van der Waals surface area contributed by atoms with Crippen LogP contribution in [-0.2, 0) is 0 Å². The van der Waals surface area contributed by atoms with Crippen molar-refractivity contribution < 1.29 is 0 Å². The molecule has 0 amide bonds. The molecule has 0 bridgehead atoms. The second-order valence-electron chi connectivity index (χ2n) is 3.91. The van der Waals surface area contributed by atoms with Crippen LogP contribution in [-0.4, -0.2) is 36.4 Å². The third-order valence-electron chi connectivity index (χ3n) is 2.52. The monoisotopic (exact) mass is 346 g/mol. The van der Waals surface area contributed by atoms with Crippen LogP contribution in [0.2, 0.25) is 9.10 Å². The van der Waals surface area contributed by atoms with Crippen molar-refractivity contribution in [1.82, 2.24) is 0 Å². The third kappa shape index (κ3) is 14.5. The Morgan fingerprint density at radius 2 is 0.786 bits per heavy atom. The molecule has 0 aromatic heterocycles. The number of rotatable bonds is 11. The van der Waals surface area contributed by atoms with E-state index in [-0.39, 0.29) is 36.4 Å². The Balaban J connectivity index is 2.78. The molecule has 0 aromatic rings. The van der Waals surface area contributed by atoms with Crippen LogP contribution in [0.1, 0.15) is 51.4 Å². The third-order valence-corrected chi connectivity index (χ3v) is 7.42. The van der Waals surface area contributed by atoms with Crippen molar-refractivity contribution in [1.29, 1.82) is 0 Å². The fourth-order valence-electron chi connectivity index (χ4n) is 1.60. The second kappa shape index (κ2) is 15.5. The smallest absolute Gasteiger partial charge is 0.307 e. The van der Waals surface area contributed by atoms with Gasteiger partial charge in [0, 0.05) is 0 Å². The van der Waals surface area contributed by atoms with E-state index in [0.717, 1.165) is 0 Å². The summed E-state index contributed by atoms with van der Waals surface area (Å²) in [5.74, 6) is 0. The quantitative estimate of drug-likeness (QED) is 0.365. The Bertz CT molecular complexity index is 90.1. The summed E-state index contributed by atoms with van der Waals surface area (Å²) < 4.78 is 2.99. The maximum Gasteiger partial charge on any atom is 0.468 e. The van der Waals surface area contributed by atoms with Gasteiger partial charge in [0.15, 0.2) is 0 Å². The van der Waals surface area contributed by atoms with Crippen molar-refractivity contribution in [2.24, 2.45) is 0 Å². The minimum Gasteiger partial charge on any atom is -0.307 e. The minimum atomic E-state index is 0.172. The molecule has 0 fully saturated rings. The first-order chi connectivity index (χ1) is 6.91. The fraction of sp³-hybridized carbons (Fsp3) is 1.00. The van der Waals surface area contributed by atoms with Gasteiger partial charge in [0.05, 0.1) is 0 Å². The van der Waals surface area contributed by atoms with Gasteiger partial charge in [0.1, 0.15) is 0 Å². The van der Waals surface area contributed by atoms with Gasteiger partial charge in [-0.3, -0.25) is 0 Å². The topological polar surface area (TPSA) is 0 Å². The van der Waals surface area contributed by atoms with Crippen LogP contribution in [0, 0.1) is 0 Å². The number of hydrogen-bond acceptors (Lipinski definition) is 0. The van der Waals surface area contributed by atoms with Gasteiger partial charge in [0.2, 0.25) is 0 Å². The van der Waals surface area contributed by atoms with E-state index in [0.29, 0.717) is 0 Å². The van der Waals surface area contributed by atoms with E-state index in [1.165, 1.54) is 60.5 Å². The summed E-state index contributed by atoms with van der Waals surface area (Å²) in [6.45, 7) is 0. The largest absolute Gasteiger partial charge is 0.468 e. The Labute approximate surface area is 121 Å². The Kier molecular flexibility index (Phi) is 18.3. The maximum atomic E-state index is 3.61. The van der Waals surface area contributed by atoms with Crippen LogP contribution < -0.4 is 0 Å². The molecular weight excluding hydrogens is 329 g/mol. The van der Waals surface area contributed by atoms with Crippen molar-refractivity contribution >= 4 is 62.2 Å². The lowest BCUT2D eigenvalue weighted by atomic mass is 10.1. The van der Waals surface area contributed by atoms with Crippen LogP contribution in [0.3, 0.4) is 0 Å². The summed E-state index contributed by atoms with van der Waals surface area (Å²) in [6, 6.07) is 0. The first-order valence-electron chi connectivity index (χ1n) is 6.03. The first-order valence-corrected chi connectivity index (χ1v) is 15.8. The number of unbranched alkanes of at least 4 members (excludes halogenated alkanes) is 7. The molecule has 0 nitrogen and oxygen atoms in total. The van der Waals surface area contributed by atoms with E-state index in [2.05, 4.69) is 25.8 Å². The molecule has 0 saturated carbocycles. The highest BCUT2D eigenvalue weighted by Crippen LogP contribution is 2.11. The van der Waals surface area contributed by atoms with Crippen LogP contribution >= 0.6 is 25.8 Å². The van der Waals surface area contributed by atoms with Gasteiger partial charge in [0.25, 0.3) is 0 Å². The van der Waals surface area contributed by atoms with Crippen molar-refractivity contribution in [2.45, 2.75) is 60.5 Å². The van der Waals surface area contributed by atoms with E-state index in [4.69, 9.17) is 0 Å². The van der Waals surface area contributed by atoms with Crippen molar-refractivity contribution in [3.05, 3.63) is 0 Å². The molecule has 0 radical (unpaired) electrons. The van der Waals surface area contributed by atoms with Crippen molar-refractivity contribution in [2.75, 3.05) is 0 Å². The zero-order chi connectivity index (χ0) is 10.5. The molecule has 0 unspecified atom stereocenters. The minimum absolute atomic E-state index is 0.172. The van der Waals surface area contributed by atoms with E-state index in [1.54, 1.807) is 0 Å². The van der Waals surface area contributed by atoms with E-state index >= 15 is 0 Å². The van der Waals surface area contributed by atoms with Crippen molar-refractivity contribution in [3.8, 4) is 0 Å². The van der Waals surface area contributed by atoms with Gasteiger partial charge in [-0.15, -0.1) is 9.10 Å². The van der Waals surface area contributed by atoms with Gasteiger partial charge >= 0.3 is 36.4 Å². The zero-order valence-corrected chi connectivity index (χ0v) is 15.2. The Morgan fingerprint density at radius 1 is 0.500 bits per heavy atom. The molecular formula is C10H20Br2Mg2. The van der Waals surface area contributed by atoms with Crippen LogP contribution in [0.4, 0.5) is 0 Å². The SMILES string of the molecule is [Br][Mg][CH2]CCCCCCCC[CH2][Mg][Br]. The lowest BCUT2D eigenvalue weighted by Crippen LogP contribution is -1.83. The van der Waals surface area contributed by atoms with E-state index in [9.17, 15) is 0 Å². The molecule has 0 aromatic carbocycles. The number of halogens is 2. The molecule has 0 N–H and O–H groups in total. The standard InChI is InChI=1S/C10H20.2BrH.2Mg/c1-3-5-7-9-10-8-6-4-2;;;;/h1-10H2;2*1H;;/q;;;2*+1/p-2. The second-order valence-corrected chi connectivity index (χ2v) is 10.8. The van der Waals surface area contributed by atoms with Gasteiger partial charge in [-0.1, -0.05) is 51.4 Å². The normalized spacial score (nSPS) is 9.57. The van der Waals surface area contributed by atoms with E-state index in [1.807, 2.05) is 0 Å². The molecule has 78 valence electrons. The lowest BCUT2D eigenvalue weighted by Gasteiger charge is -2.00. The lowest BCUT2D eigenvalue weighted by molar-refractivity contribution is 0.585. The molecule has 0 atom stereocenters. The van der Waals surface area contributed by atoms with Gasteiger partial charge in [-0.05, 0) is 0 Å².